The minimum atomic E-state index is -0.264. The first-order valence-electron chi connectivity index (χ1n) is 11.7. The van der Waals surface area contributed by atoms with Crippen LogP contribution >= 0.6 is 0 Å². The summed E-state index contributed by atoms with van der Waals surface area (Å²) >= 11 is 0. The summed E-state index contributed by atoms with van der Waals surface area (Å²) in [5.74, 6) is 0.00941. The van der Waals surface area contributed by atoms with Crippen LogP contribution in [0, 0.1) is 13.8 Å². The number of hydrogen-bond donors (Lipinski definition) is 4. The van der Waals surface area contributed by atoms with Crippen molar-refractivity contribution in [3.8, 4) is 5.88 Å². The highest BCUT2D eigenvalue weighted by Crippen LogP contribution is 2.28. The number of benzene rings is 2. The van der Waals surface area contributed by atoms with E-state index in [0.717, 1.165) is 16.8 Å². The minimum Gasteiger partial charge on any atom is -0.494 e. The second-order valence-corrected chi connectivity index (χ2v) is 8.66. The number of H-pyrrole nitrogens is 2. The zero-order valence-corrected chi connectivity index (χ0v) is 20.5. The molecular formula is C27H25N7O3. The van der Waals surface area contributed by atoms with Crippen molar-refractivity contribution in [1.29, 1.82) is 0 Å². The molecule has 10 heteroatoms. The fourth-order valence-electron chi connectivity index (χ4n) is 4.11. The highest BCUT2D eigenvalue weighted by molar-refractivity contribution is 6.12. The molecule has 37 heavy (non-hydrogen) atoms. The van der Waals surface area contributed by atoms with Crippen molar-refractivity contribution in [1.82, 2.24) is 25.0 Å². The number of ketones is 1. The molecule has 1 amide bonds. The standard InChI is InChI=1S/C27H25N7O3/c1-4-34-23(11-16(3)33-34)27(37)29-19-8-5-17(6-9-19)25(35)18-7-10-20-21(26(36)30-22(20)13-18)14-28-24-12-15(2)31-32-24/h5-14,30,36H,4H2,1-3H3,(H,29,37)(H,31,32). The predicted octanol–water partition coefficient (Wildman–Crippen LogP) is 4.66. The van der Waals surface area contributed by atoms with Crippen LogP contribution in [0.5, 0.6) is 5.88 Å². The molecule has 5 rings (SSSR count). The van der Waals surface area contributed by atoms with Crippen molar-refractivity contribution in [3.63, 3.8) is 0 Å². The maximum Gasteiger partial charge on any atom is 0.273 e. The Hall–Kier alpha value is -4.99. The van der Waals surface area contributed by atoms with Crippen LogP contribution in [0.2, 0.25) is 0 Å². The molecular weight excluding hydrogens is 470 g/mol. The van der Waals surface area contributed by atoms with Gasteiger partial charge in [-0.15, -0.1) is 0 Å². The molecule has 0 unspecified atom stereocenters. The number of rotatable bonds is 7. The Bertz CT molecular complexity index is 1660. The molecule has 3 heterocycles. The smallest absolute Gasteiger partial charge is 0.273 e. The van der Waals surface area contributed by atoms with E-state index in [2.05, 4.69) is 30.6 Å². The van der Waals surface area contributed by atoms with Gasteiger partial charge in [-0.2, -0.15) is 10.2 Å². The molecule has 5 aromatic rings. The van der Waals surface area contributed by atoms with Crippen molar-refractivity contribution in [2.45, 2.75) is 27.3 Å². The molecule has 3 aromatic heterocycles. The molecule has 0 saturated carbocycles. The van der Waals surface area contributed by atoms with E-state index >= 15 is 0 Å². The van der Waals surface area contributed by atoms with Crippen LogP contribution in [0.3, 0.4) is 0 Å². The summed E-state index contributed by atoms with van der Waals surface area (Å²) < 4.78 is 1.65. The molecule has 0 radical (unpaired) electrons. The number of nitrogens with zero attached hydrogens (tertiary/aromatic N) is 4. The van der Waals surface area contributed by atoms with Gasteiger partial charge in [0.15, 0.2) is 17.5 Å². The highest BCUT2D eigenvalue weighted by Gasteiger charge is 2.16. The number of fused-ring (bicyclic) bond motifs is 1. The highest BCUT2D eigenvalue weighted by atomic mass is 16.3. The van der Waals surface area contributed by atoms with Gasteiger partial charge in [0.2, 0.25) is 0 Å². The molecule has 4 N–H and O–H groups in total. The van der Waals surface area contributed by atoms with Crippen molar-refractivity contribution >= 4 is 40.3 Å². The van der Waals surface area contributed by atoms with E-state index in [1.165, 1.54) is 6.21 Å². The molecule has 0 saturated heterocycles. The average Bonchev–Trinajstić information content (AvgIpc) is 3.57. The van der Waals surface area contributed by atoms with Gasteiger partial charge >= 0.3 is 0 Å². The fourth-order valence-corrected chi connectivity index (χ4v) is 4.11. The van der Waals surface area contributed by atoms with E-state index < -0.39 is 0 Å². The topological polar surface area (TPSA) is 141 Å². The number of aromatic nitrogens is 5. The Morgan fingerprint density at radius 2 is 1.84 bits per heavy atom. The number of carbonyl (C=O) groups excluding carboxylic acids is 2. The number of amides is 1. The quantitative estimate of drug-likeness (QED) is 0.192. The van der Waals surface area contributed by atoms with Gasteiger partial charge in [-0.3, -0.25) is 19.4 Å². The SMILES string of the molecule is CCn1nc(C)cc1C(=O)Nc1ccc(C(=O)c2ccc3c(C=Nc4cc(C)[nH]n4)c(O)[nH]c3c2)cc1. The molecule has 0 bridgehead atoms. The molecule has 0 aliphatic heterocycles. The van der Waals surface area contributed by atoms with E-state index in [0.29, 0.717) is 46.0 Å². The Labute approximate surface area is 212 Å². The summed E-state index contributed by atoms with van der Waals surface area (Å²) in [7, 11) is 0. The van der Waals surface area contributed by atoms with Gasteiger partial charge in [0, 0.05) is 52.2 Å². The third-order valence-corrected chi connectivity index (χ3v) is 5.94. The molecule has 0 spiro atoms. The van der Waals surface area contributed by atoms with Crippen LogP contribution in [-0.4, -0.2) is 48.0 Å². The van der Waals surface area contributed by atoms with Crippen LogP contribution in [0.1, 0.15) is 50.3 Å². The number of aromatic amines is 2. The normalized spacial score (nSPS) is 11.4. The molecule has 0 fully saturated rings. The number of hydrogen-bond acceptors (Lipinski definition) is 6. The zero-order chi connectivity index (χ0) is 26.1. The van der Waals surface area contributed by atoms with Crippen molar-refractivity contribution < 1.29 is 14.7 Å². The van der Waals surface area contributed by atoms with Gasteiger partial charge in [0.25, 0.3) is 5.91 Å². The van der Waals surface area contributed by atoms with Gasteiger partial charge < -0.3 is 15.4 Å². The summed E-state index contributed by atoms with van der Waals surface area (Å²) in [6.07, 6.45) is 1.53. The summed E-state index contributed by atoms with van der Waals surface area (Å²) in [6, 6.07) is 15.4. The Morgan fingerprint density at radius 1 is 1.08 bits per heavy atom. The van der Waals surface area contributed by atoms with Crippen LogP contribution in [-0.2, 0) is 6.54 Å². The van der Waals surface area contributed by atoms with Crippen LogP contribution < -0.4 is 5.32 Å². The van der Waals surface area contributed by atoms with E-state index in [9.17, 15) is 14.7 Å². The Morgan fingerprint density at radius 3 is 2.54 bits per heavy atom. The monoisotopic (exact) mass is 495 g/mol. The lowest BCUT2D eigenvalue weighted by Crippen LogP contribution is -2.17. The van der Waals surface area contributed by atoms with Crippen molar-refractivity contribution in [2.75, 3.05) is 5.32 Å². The van der Waals surface area contributed by atoms with Gasteiger partial charge in [-0.05, 0) is 57.2 Å². The lowest BCUT2D eigenvalue weighted by atomic mass is 10.0. The van der Waals surface area contributed by atoms with Gasteiger partial charge in [-0.25, -0.2) is 4.99 Å². The zero-order valence-electron chi connectivity index (χ0n) is 20.5. The fraction of sp³-hybridized carbons (Fsp3) is 0.148. The molecule has 0 aliphatic rings. The number of aliphatic imine (C=N–C) groups is 1. The Balaban J connectivity index is 1.33. The van der Waals surface area contributed by atoms with Gasteiger partial charge in [0.1, 0.15) is 5.69 Å². The Kier molecular flexibility index (Phi) is 6.14. The van der Waals surface area contributed by atoms with E-state index in [1.807, 2.05) is 20.8 Å². The van der Waals surface area contributed by atoms with E-state index in [-0.39, 0.29) is 17.6 Å². The molecule has 0 aliphatic carbocycles. The predicted molar refractivity (Wildman–Crippen MR) is 141 cm³/mol. The summed E-state index contributed by atoms with van der Waals surface area (Å²) in [5, 5.41) is 25.1. The van der Waals surface area contributed by atoms with Crippen LogP contribution in [0.15, 0.2) is 59.6 Å². The number of carbonyl (C=O) groups is 2. The van der Waals surface area contributed by atoms with Crippen LogP contribution in [0.25, 0.3) is 10.9 Å². The summed E-state index contributed by atoms with van der Waals surface area (Å²) in [4.78, 5) is 33.0. The van der Waals surface area contributed by atoms with E-state index in [1.54, 1.807) is 59.3 Å². The first kappa shape index (κ1) is 23.7. The number of aromatic hydroxyl groups is 1. The second kappa shape index (κ2) is 9.57. The lowest BCUT2D eigenvalue weighted by molar-refractivity contribution is 0.101. The maximum atomic E-state index is 13.1. The van der Waals surface area contributed by atoms with Gasteiger partial charge in [-0.1, -0.05) is 12.1 Å². The molecule has 10 nitrogen and oxygen atoms in total. The van der Waals surface area contributed by atoms with Crippen molar-refractivity contribution in [2.24, 2.45) is 4.99 Å². The second-order valence-electron chi connectivity index (χ2n) is 8.66. The molecule has 186 valence electrons. The first-order valence-corrected chi connectivity index (χ1v) is 11.7. The summed E-state index contributed by atoms with van der Waals surface area (Å²) in [6.45, 7) is 6.23. The van der Waals surface area contributed by atoms with Gasteiger partial charge in [0.05, 0.1) is 11.3 Å². The minimum absolute atomic E-state index is 0.0460. The lowest BCUT2D eigenvalue weighted by Gasteiger charge is -2.08. The molecule has 2 aromatic carbocycles. The summed E-state index contributed by atoms with van der Waals surface area (Å²) in [5.41, 5.74) is 4.75. The first-order chi connectivity index (χ1) is 17.8. The van der Waals surface area contributed by atoms with E-state index in [4.69, 9.17) is 0 Å². The largest absolute Gasteiger partial charge is 0.494 e. The third-order valence-electron chi connectivity index (χ3n) is 5.94. The van der Waals surface area contributed by atoms with Crippen molar-refractivity contribution in [3.05, 3.63) is 88.4 Å². The average molecular weight is 496 g/mol. The number of anilines is 1. The maximum absolute atomic E-state index is 13.1. The number of aryl methyl sites for hydroxylation is 3. The number of nitrogens with one attached hydrogen (secondary N) is 3. The third kappa shape index (κ3) is 4.76. The molecule has 0 atom stereocenters. The van der Waals surface area contributed by atoms with Crippen LogP contribution in [0.4, 0.5) is 11.5 Å².